The molecule has 4 nitrogen and oxygen atoms in total. The molecule has 3 atom stereocenters. The van der Waals surface area contributed by atoms with E-state index in [2.05, 4.69) is 13.5 Å². The number of fused-ring (bicyclic) bond motifs is 1. The molecule has 1 N–H and O–H groups in total. The second-order valence-electron chi connectivity index (χ2n) is 6.56. The first kappa shape index (κ1) is 16.0. The van der Waals surface area contributed by atoms with E-state index in [1.807, 2.05) is 6.08 Å². The summed E-state index contributed by atoms with van der Waals surface area (Å²) in [6.45, 7) is 7.78. The molecular formula is C17H24O4. The number of aliphatic hydroxyl groups excluding tert-OH is 1. The second kappa shape index (κ2) is 6.14. The fourth-order valence-corrected chi connectivity index (χ4v) is 3.59. The van der Waals surface area contributed by atoms with E-state index in [0.717, 1.165) is 19.3 Å². The van der Waals surface area contributed by atoms with Gasteiger partial charge in [-0.15, -0.1) is 0 Å². The van der Waals surface area contributed by atoms with Crippen molar-refractivity contribution in [2.75, 3.05) is 13.2 Å². The van der Waals surface area contributed by atoms with E-state index < -0.39 is 0 Å². The Hall–Kier alpha value is -1.42. The van der Waals surface area contributed by atoms with Crippen LogP contribution in [-0.2, 0) is 14.3 Å². The highest BCUT2D eigenvalue weighted by Crippen LogP contribution is 2.56. The van der Waals surface area contributed by atoms with Gasteiger partial charge in [0.1, 0.15) is 0 Å². The molecule has 2 rings (SSSR count). The number of ether oxygens (including phenoxy) is 1. The van der Waals surface area contributed by atoms with E-state index in [0.29, 0.717) is 24.5 Å². The van der Waals surface area contributed by atoms with Gasteiger partial charge in [0.2, 0.25) is 0 Å². The quantitative estimate of drug-likeness (QED) is 0.641. The third-order valence-electron chi connectivity index (χ3n) is 4.99. The molecule has 0 heterocycles. The zero-order valence-electron chi connectivity index (χ0n) is 12.9. The van der Waals surface area contributed by atoms with Crippen molar-refractivity contribution in [3.8, 4) is 0 Å². The molecular weight excluding hydrogens is 268 g/mol. The molecule has 2 aliphatic rings. The minimum atomic E-state index is -0.288. The van der Waals surface area contributed by atoms with Crippen LogP contribution >= 0.6 is 0 Å². The molecule has 21 heavy (non-hydrogen) atoms. The van der Waals surface area contributed by atoms with Crippen LogP contribution in [0.1, 0.15) is 39.5 Å². The Morgan fingerprint density at radius 3 is 2.90 bits per heavy atom. The van der Waals surface area contributed by atoms with Gasteiger partial charge in [-0.2, -0.15) is 0 Å². The summed E-state index contributed by atoms with van der Waals surface area (Å²) in [5.41, 5.74) is 1.51. The fourth-order valence-electron chi connectivity index (χ4n) is 3.59. The summed E-state index contributed by atoms with van der Waals surface area (Å²) in [6, 6.07) is 0. The van der Waals surface area contributed by atoms with Crippen LogP contribution < -0.4 is 0 Å². The van der Waals surface area contributed by atoms with Gasteiger partial charge >= 0.3 is 5.97 Å². The third kappa shape index (κ3) is 3.26. The number of esters is 1. The summed E-state index contributed by atoms with van der Waals surface area (Å²) in [5.74, 6) is 0.186. The molecule has 0 saturated heterocycles. The van der Waals surface area contributed by atoms with Crippen molar-refractivity contribution in [1.29, 1.82) is 0 Å². The molecule has 2 aliphatic carbocycles. The van der Waals surface area contributed by atoms with Crippen LogP contribution in [0, 0.1) is 17.3 Å². The van der Waals surface area contributed by atoms with Gasteiger partial charge in [0.15, 0.2) is 5.78 Å². The lowest BCUT2D eigenvalue weighted by atomic mass is 9.51. The van der Waals surface area contributed by atoms with Crippen molar-refractivity contribution in [2.45, 2.75) is 39.5 Å². The van der Waals surface area contributed by atoms with Crippen molar-refractivity contribution in [1.82, 2.24) is 0 Å². The molecule has 4 heteroatoms. The lowest BCUT2D eigenvalue weighted by Crippen LogP contribution is -2.50. The van der Waals surface area contributed by atoms with Gasteiger partial charge in [0.05, 0.1) is 13.2 Å². The van der Waals surface area contributed by atoms with E-state index in [1.54, 1.807) is 0 Å². The summed E-state index contributed by atoms with van der Waals surface area (Å²) < 4.78 is 5.18. The monoisotopic (exact) mass is 292 g/mol. The molecule has 1 unspecified atom stereocenters. The molecule has 1 saturated carbocycles. The Kier molecular flexibility index (Phi) is 4.67. The molecule has 0 amide bonds. The number of carbonyl (C=O) groups is 2. The minimum Gasteiger partial charge on any atom is -0.465 e. The first-order valence-corrected chi connectivity index (χ1v) is 7.51. The highest BCUT2D eigenvalue weighted by atomic mass is 16.5. The molecule has 0 radical (unpaired) electrons. The number of ketones is 1. The van der Waals surface area contributed by atoms with Crippen LogP contribution in [0.25, 0.3) is 0 Å². The van der Waals surface area contributed by atoms with Gasteiger partial charge in [-0.05, 0) is 31.1 Å². The van der Waals surface area contributed by atoms with E-state index in [4.69, 9.17) is 4.74 Å². The topological polar surface area (TPSA) is 63.6 Å². The van der Waals surface area contributed by atoms with Crippen molar-refractivity contribution in [3.05, 3.63) is 23.8 Å². The van der Waals surface area contributed by atoms with Crippen LogP contribution in [-0.4, -0.2) is 30.1 Å². The molecule has 0 aliphatic heterocycles. The summed E-state index contributed by atoms with van der Waals surface area (Å²) >= 11 is 0. The summed E-state index contributed by atoms with van der Waals surface area (Å²) in [4.78, 5) is 23.4. The zero-order chi connectivity index (χ0) is 15.6. The standard InChI is InChI=1S/C17H24O4/c1-11-5-4-6-13(9-18)16(20)7-15-14(11)8-17(15,3)10-21-12(2)19/h6,14-15,18H,1,4-5,7-10H2,2-3H3/b13-6-/t14-,15?,17-/m1/s1. The van der Waals surface area contributed by atoms with Crippen molar-refractivity contribution in [2.24, 2.45) is 17.3 Å². The minimum absolute atomic E-state index is 0.0101. The molecule has 116 valence electrons. The molecule has 0 bridgehead atoms. The molecule has 1 fully saturated rings. The predicted octanol–water partition coefficient (Wildman–Crippen LogP) is 2.42. The summed E-state index contributed by atoms with van der Waals surface area (Å²) in [7, 11) is 0. The zero-order valence-corrected chi connectivity index (χ0v) is 12.9. The Bertz CT molecular complexity index is 491. The van der Waals surface area contributed by atoms with Crippen LogP contribution in [0.3, 0.4) is 0 Å². The SMILES string of the molecule is C=C1CC/C=C(/CO)C(=O)CC2[C@@H]1C[C@]2(C)COC(C)=O. The maximum absolute atomic E-state index is 12.3. The summed E-state index contributed by atoms with van der Waals surface area (Å²) in [5, 5.41) is 9.33. The average Bonchev–Trinajstić information content (AvgIpc) is 2.47. The Balaban J connectivity index is 2.16. The van der Waals surface area contributed by atoms with E-state index in [9.17, 15) is 14.7 Å². The highest BCUT2D eigenvalue weighted by molar-refractivity contribution is 5.95. The number of allylic oxidation sites excluding steroid dienone is 2. The van der Waals surface area contributed by atoms with E-state index in [-0.39, 0.29) is 29.7 Å². The molecule has 0 spiro atoms. The molecule has 0 aromatic heterocycles. The summed E-state index contributed by atoms with van der Waals surface area (Å²) in [6.07, 6.45) is 4.74. The normalized spacial score (nSPS) is 35.5. The van der Waals surface area contributed by atoms with E-state index >= 15 is 0 Å². The van der Waals surface area contributed by atoms with Crippen molar-refractivity contribution in [3.63, 3.8) is 0 Å². The van der Waals surface area contributed by atoms with Crippen LogP contribution in [0.5, 0.6) is 0 Å². The highest BCUT2D eigenvalue weighted by Gasteiger charge is 2.52. The smallest absolute Gasteiger partial charge is 0.302 e. The first-order chi connectivity index (χ1) is 9.87. The van der Waals surface area contributed by atoms with Crippen molar-refractivity contribution >= 4 is 11.8 Å². The fraction of sp³-hybridized carbons (Fsp3) is 0.647. The maximum Gasteiger partial charge on any atom is 0.302 e. The van der Waals surface area contributed by atoms with Gasteiger partial charge in [-0.1, -0.05) is 25.2 Å². The van der Waals surface area contributed by atoms with Gasteiger partial charge < -0.3 is 9.84 Å². The number of hydrogen-bond acceptors (Lipinski definition) is 4. The number of Topliss-reactive ketones (excluding diaryl/α,β-unsaturated/α-hetero) is 1. The average molecular weight is 292 g/mol. The number of carbonyl (C=O) groups excluding carboxylic acids is 2. The third-order valence-corrected chi connectivity index (χ3v) is 4.99. The van der Waals surface area contributed by atoms with Crippen molar-refractivity contribution < 1.29 is 19.4 Å². The Morgan fingerprint density at radius 2 is 2.29 bits per heavy atom. The second-order valence-corrected chi connectivity index (χ2v) is 6.56. The lowest BCUT2D eigenvalue weighted by Gasteiger charge is -2.53. The number of aliphatic hydroxyl groups is 1. The van der Waals surface area contributed by atoms with E-state index in [1.165, 1.54) is 12.5 Å². The van der Waals surface area contributed by atoms with Gasteiger partial charge in [0, 0.05) is 24.3 Å². The molecule has 0 aromatic carbocycles. The Labute approximate surface area is 125 Å². The van der Waals surface area contributed by atoms with Gasteiger partial charge in [0.25, 0.3) is 0 Å². The van der Waals surface area contributed by atoms with Crippen LogP contribution in [0.15, 0.2) is 23.8 Å². The number of rotatable bonds is 3. The molecule has 0 aromatic rings. The van der Waals surface area contributed by atoms with Gasteiger partial charge in [-0.3, -0.25) is 9.59 Å². The Morgan fingerprint density at radius 1 is 1.57 bits per heavy atom. The maximum atomic E-state index is 12.3. The lowest BCUT2D eigenvalue weighted by molar-refractivity contribution is -0.153. The van der Waals surface area contributed by atoms with Crippen LogP contribution in [0.2, 0.25) is 0 Å². The largest absolute Gasteiger partial charge is 0.465 e. The first-order valence-electron chi connectivity index (χ1n) is 7.51. The predicted molar refractivity (Wildman–Crippen MR) is 79.5 cm³/mol. The van der Waals surface area contributed by atoms with Crippen LogP contribution in [0.4, 0.5) is 0 Å². The van der Waals surface area contributed by atoms with Gasteiger partial charge in [-0.25, -0.2) is 0 Å². The number of hydrogen-bond donors (Lipinski definition) is 1.